The van der Waals surface area contributed by atoms with Gasteiger partial charge in [0.25, 0.3) is 0 Å². The predicted molar refractivity (Wildman–Crippen MR) is 382 cm³/mol. The van der Waals surface area contributed by atoms with Crippen molar-refractivity contribution in [3.8, 4) is 34.0 Å². The third kappa shape index (κ3) is 18.0. The highest BCUT2D eigenvalue weighted by Crippen LogP contribution is 2.58. The van der Waals surface area contributed by atoms with E-state index in [0.29, 0.717) is 76.7 Å². The Hall–Kier alpha value is -5.39. The van der Waals surface area contributed by atoms with E-state index in [1.165, 1.54) is 46.1 Å². The molecule has 4 fully saturated rings. The molecule has 4 aliphatic rings. The molecule has 93 heavy (non-hydrogen) atoms. The van der Waals surface area contributed by atoms with Gasteiger partial charge in [-0.15, -0.1) is 11.6 Å². The molecule has 8 aromatic rings. The molecule has 0 spiro atoms. The summed E-state index contributed by atoms with van der Waals surface area (Å²) in [7, 11) is 42.3. The van der Waals surface area contributed by atoms with Gasteiger partial charge in [-0.2, -0.15) is 9.46 Å². The minimum Gasteiger partial charge on any atom is -0.619 e. The summed E-state index contributed by atoms with van der Waals surface area (Å²) in [6.07, 6.45) is 8.15. The maximum atomic E-state index is 11.9. The number of ether oxygens (including phenoxy) is 3. The molecule has 1 N–H and O–H groups in total. The van der Waals surface area contributed by atoms with Crippen molar-refractivity contribution in [3.63, 3.8) is 0 Å². The minimum absolute atomic E-state index is 0. The Labute approximate surface area is 588 Å². The van der Waals surface area contributed by atoms with Gasteiger partial charge in [0.2, 0.25) is 0 Å². The number of methoxy groups -OCH3 is 2. The molecule has 4 heterocycles. The van der Waals surface area contributed by atoms with Crippen LogP contribution < -0.4 is 14.2 Å². The zero-order chi connectivity index (χ0) is 66.4. The average Bonchev–Trinajstić information content (AvgIpc) is 1.68. The van der Waals surface area contributed by atoms with E-state index in [1.54, 1.807) is 24.3 Å². The van der Waals surface area contributed by atoms with Crippen LogP contribution >= 0.6 is 81.2 Å². The lowest BCUT2D eigenvalue weighted by Gasteiger charge is -2.31. The Balaban J connectivity index is 0.000000174. The number of carbonyl (C=O) groups excluding carboxylic acids is 2. The zero-order valence-electron chi connectivity index (χ0n) is 49.6. The fourth-order valence-corrected chi connectivity index (χ4v) is 13.2. The highest BCUT2D eigenvalue weighted by molar-refractivity contribution is 8.07. The molecule has 4 aromatic heterocycles. The summed E-state index contributed by atoms with van der Waals surface area (Å²) in [5, 5.41) is 42.7. The van der Waals surface area contributed by atoms with Crippen LogP contribution in [0.1, 0.15) is 147 Å². The van der Waals surface area contributed by atoms with E-state index in [1.807, 2.05) is 60.7 Å². The highest BCUT2D eigenvalue weighted by Gasteiger charge is 2.43. The summed E-state index contributed by atoms with van der Waals surface area (Å²) < 4.78 is 27.9. The van der Waals surface area contributed by atoms with Crippen molar-refractivity contribution in [3.05, 3.63) is 206 Å². The Kier molecular flexibility index (Phi) is 25.7. The van der Waals surface area contributed by atoms with Crippen LogP contribution in [0.2, 0.25) is 30.1 Å². The van der Waals surface area contributed by atoms with Gasteiger partial charge in [-0.25, -0.2) is 9.59 Å². The van der Waals surface area contributed by atoms with Crippen LogP contribution in [-0.2, 0) is 22.0 Å². The number of esters is 2. The lowest BCUT2D eigenvalue weighted by molar-refractivity contribution is -0.605. The number of aromatic nitrogens is 4. The molecule has 0 amide bonds. The molecule has 4 atom stereocenters. The number of aromatic hydroxyl groups is 1. The second kappa shape index (κ2) is 32.6. The van der Waals surface area contributed by atoms with Crippen LogP contribution in [0.25, 0.3) is 22.5 Å². The molecule has 4 aromatic carbocycles. The summed E-state index contributed by atoms with van der Waals surface area (Å²) >= 11 is 43.7. The molecule has 34 heteroatoms. The van der Waals surface area contributed by atoms with Crippen molar-refractivity contribution in [2.24, 2.45) is 0 Å². The monoisotopic (exact) mass is 1360 g/mol. The number of hydrogen-bond acceptors (Lipinski definition) is 12. The number of benzene rings is 4. The van der Waals surface area contributed by atoms with Crippen molar-refractivity contribution in [2.45, 2.75) is 93.9 Å². The number of alkyl halides is 1. The quantitative estimate of drug-likeness (QED) is 0.0266. The zero-order valence-corrected chi connectivity index (χ0v) is 54.9. The fraction of sp³-hybridized carbons (Fsp3) is 0.288. The van der Waals surface area contributed by atoms with Crippen molar-refractivity contribution < 1.29 is 47.4 Å². The van der Waals surface area contributed by atoms with Crippen LogP contribution in [0.15, 0.2) is 119 Å². The molecule has 4 unspecified atom stereocenters. The van der Waals surface area contributed by atoms with Gasteiger partial charge in [-0.1, -0.05) is 124 Å². The topological polar surface area (TPSA) is 188 Å². The first-order valence-electron chi connectivity index (χ1n) is 29.0. The maximum absolute atomic E-state index is 11.9. The summed E-state index contributed by atoms with van der Waals surface area (Å²) in [6, 6.07) is 25.8. The van der Waals surface area contributed by atoms with Crippen LogP contribution in [0, 0.1) is 10.4 Å². The summed E-state index contributed by atoms with van der Waals surface area (Å²) in [6.45, 7) is 0.172. The van der Waals surface area contributed by atoms with E-state index in [9.17, 15) is 25.1 Å². The first kappa shape index (κ1) is 73.4. The second-order valence-electron chi connectivity index (χ2n) is 22.7. The highest BCUT2D eigenvalue weighted by atomic mass is 35.5. The molecule has 4 aliphatic carbocycles. The Morgan fingerprint density at radius 1 is 0.613 bits per heavy atom. The number of phenols is 1. The molecule has 0 saturated heterocycles. The predicted octanol–water partition coefficient (Wildman–Crippen LogP) is 11.1. The van der Waals surface area contributed by atoms with Gasteiger partial charge in [0, 0.05) is 121 Å². The Bertz CT molecular complexity index is 3910. The van der Waals surface area contributed by atoms with Gasteiger partial charge >= 0.3 is 11.9 Å². The third-order valence-electron chi connectivity index (χ3n) is 16.2. The van der Waals surface area contributed by atoms with Crippen LogP contribution in [0.4, 0.5) is 0 Å². The van der Waals surface area contributed by atoms with Crippen molar-refractivity contribution in [2.75, 3.05) is 14.2 Å². The molecule has 0 aliphatic heterocycles. The first-order chi connectivity index (χ1) is 44.0. The van der Waals surface area contributed by atoms with E-state index >= 15 is 0 Å². The van der Waals surface area contributed by atoms with E-state index in [2.05, 4.69) is 10.3 Å². The van der Waals surface area contributed by atoms with Crippen LogP contribution in [0.3, 0.4) is 0 Å². The maximum Gasteiger partial charge on any atom is 0.337 e. The van der Waals surface area contributed by atoms with E-state index in [4.69, 9.17) is 159 Å². The number of carbonyl (C=O) groups is 2. The minimum atomic E-state index is -0.695. The molecular weight excluding hydrogens is 1310 g/mol. The van der Waals surface area contributed by atoms with Crippen LogP contribution in [-0.4, -0.2) is 135 Å². The number of hydrogen-bond donors (Lipinski definition) is 1. The fourth-order valence-electron chi connectivity index (χ4n) is 11.1. The van der Waals surface area contributed by atoms with Gasteiger partial charge < -0.3 is 38.8 Å². The molecule has 0 bridgehead atoms. The van der Waals surface area contributed by atoms with Gasteiger partial charge in [0.1, 0.15) is 61.1 Å². The molecule has 4 saturated carbocycles. The first-order valence-corrected chi connectivity index (χ1v) is 31.8. The number of pyridine rings is 2. The number of rotatable bonds is 19. The molecule has 455 valence electrons. The molecular formula is C59H51B13Cl7N4O10. The summed E-state index contributed by atoms with van der Waals surface area (Å²) in [4.78, 5) is 23.5. The second-order valence-corrected chi connectivity index (χ2v) is 25.4. The standard InChI is InChI=1S/C29H23Cl3N2O5.C17H15ClO3.C12H9Cl3N2O2.CH4.B13/c1-37-29(35)17-4-2-3-16(9-17)20-11-21(20)19-8-7-18(10-23(19)30)38-14-22-27(33-39-28(22)15-5-6-15)26-24(31)12-34(36)13-25(26)32;1-21-17(20)11-4-2-3-10(7-11)14-9-15(14)13-6-5-12(19)8-16(13)18;13-3-7-11(16-19-12(7)6-1-2-6)10-8(14)4-17(18)5-9(10)15;;1-8-12(9(2)3)13(10(4)5)11(6)7/h2-4,7-10,12-13,15,20-21H,5-6,11,14H2,1H3;2-8,14-15,19H,9H2,1H3;4-6H,1-3H2;1H4;. The lowest BCUT2D eigenvalue weighted by atomic mass is 8.50. The van der Waals surface area contributed by atoms with E-state index in [-0.39, 0.29) is 81.8 Å². The largest absolute Gasteiger partial charge is 0.619 e. The molecule has 15 radical (unpaired) electrons. The lowest BCUT2D eigenvalue weighted by Crippen LogP contribution is -2.69. The van der Waals surface area contributed by atoms with E-state index in [0.717, 1.165) is 83.4 Å². The average molecular weight is 1360 g/mol. The van der Waals surface area contributed by atoms with Gasteiger partial charge in [-0.3, -0.25) is 0 Å². The van der Waals surface area contributed by atoms with E-state index < -0.39 is 25.5 Å². The van der Waals surface area contributed by atoms with Gasteiger partial charge in [0.15, 0.2) is 24.8 Å². The summed E-state index contributed by atoms with van der Waals surface area (Å²) in [5.41, 5.74) is 8.85. The number of halogens is 7. The van der Waals surface area contributed by atoms with Crippen molar-refractivity contribution >= 4 is 186 Å². The van der Waals surface area contributed by atoms with Crippen LogP contribution in [0.5, 0.6) is 11.5 Å². The molecule has 12 rings (SSSR count). The normalized spacial score (nSPS) is 16.4. The van der Waals surface area contributed by atoms with Crippen molar-refractivity contribution in [1.82, 2.24) is 10.3 Å². The summed E-state index contributed by atoms with van der Waals surface area (Å²) in [5.74, 6) is 3.82. The number of nitrogens with zero attached hydrogens (tertiary/aromatic N) is 4. The van der Waals surface area contributed by atoms with Gasteiger partial charge in [0.05, 0.1) is 47.9 Å². The smallest absolute Gasteiger partial charge is 0.337 e. The Morgan fingerprint density at radius 3 is 1.42 bits per heavy atom. The van der Waals surface area contributed by atoms with Crippen molar-refractivity contribution in [1.29, 1.82) is 0 Å². The Morgan fingerprint density at radius 2 is 1.04 bits per heavy atom. The van der Waals surface area contributed by atoms with Gasteiger partial charge in [-0.05, 0) is 133 Å². The SMILES string of the molecule is C.COC(=O)c1cccc(C2CC2c2ccc(O)cc2Cl)c1.COC(=O)c1cccc(C2CC2c2ccc(OCc3c(-c4c(Cl)c[n+]([O-])cc4Cl)noc3C3CC3)cc2Cl)c1.[B][B]B(B([B])[B])B(B([B])[B])B([B])[B].[O-][n+]1cc(Cl)c(-c2noc(C3CC3)c2CCl)c(Cl)c1. The molecule has 14 nitrogen and oxygen atoms in total. The third-order valence-corrected chi connectivity index (χ3v) is 18.3. The number of phenolic OH excluding ortho intramolecular Hbond substituents is 1.